The molecule has 0 aliphatic heterocycles. The van der Waals surface area contributed by atoms with Crippen molar-refractivity contribution in [3.63, 3.8) is 0 Å². The van der Waals surface area contributed by atoms with Crippen molar-refractivity contribution in [2.45, 2.75) is 64.3 Å². The van der Waals surface area contributed by atoms with Crippen LogP contribution in [-0.2, 0) is 19.3 Å². The number of rotatable bonds is 7. The highest BCUT2D eigenvalue weighted by atomic mass is 19.4. The molecular formula is C27H29F3N2O2. The van der Waals surface area contributed by atoms with E-state index in [0.717, 1.165) is 37.3 Å². The normalized spacial score (nSPS) is 15.0. The van der Waals surface area contributed by atoms with Crippen molar-refractivity contribution in [3.05, 3.63) is 88.9 Å². The third-order valence-corrected chi connectivity index (χ3v) is 6.28. The van der Waals surface area contributed by atoms with Gasteiger partial charge >= 0.3 is 6.18 Å². The Labute approximate surface area is 197 Å². The molecule has 0 radical (unpaired) electrons. The maximum Gasteiger partial charge on any atom is 0.416 e. The summed E-state index contributed by atoms with van der Waals surface area (Å²) in [7, 11) is 0. The number of nitrogens with one attached hydrogen (secondary N) is 1. The lowest BCUT2D eigenvalue weighted by Crippen LogP contribution is -2.35. The number of aryl methyl sites for hydroxylation is 1. The molecule has 34 heavy (non-hydrogen) atoms. The van der Waals surface area contributed by atoms with Crippen LogP contribution in [0.4, 0.5) is 18.9 Å². The third kappa shape index (κ3) is 6.29. The maximum absolute atomic E-state index is 13.2. The van der Waals surface area contributed by atoms with Gasteiger partial charge in [-0.2, -0.15) is 13.2 Å². The van der Waals surface area contributed by atoms with Crippen LogP contribution in [0.1, 0.15) is 65.1 Å². The Kier molecular flexibility index (Phi) is 7.41. The van der Waals surface area contributed by atoms with Gasteiger partial charge in [-0.25, -0.2) is 0 Å². The predicted octanol–water partition coefficient (Wildman–Crippen LogP) is 7.19. The van der Waals surface area contributed by atoms with Crippen molar-refractivity contribution in [1.82, 2.24) is 4.90 Å². The van der Waals surface area contributed by atoms with Crippen LogP contribution >= 0.6 is 0 Å². The molecule has 0 spiro atoms. The largest absolute Gasteiger partial charge is 0.455 e. The summed E-state index contributed by atoms with van der Waals surface area (Å²) >= 11 is 0. The molecule has 1 aliphatic rings. The fourth-order valence-corrected chi connectivity index (χ4v) is 4.46. The molecule has 1 fully saturated rings. The molecule has 1 aliphatic carbocycles. The zero-order valence-corrected chi connectivity index (χ0v) is 19.2. The van der Waals surface area contributed by atoms with Crippen molar-refractivity contribution in [3.8, 4) is 0 Å². The summed E-state index contributed by atoms with van der Waals surface area (Å²) in [6.45, 7) is 2.79. The van der Waals surface area contributed by atoms with E-state index in [1.165, 1.54) is 18.6 Å². The zero-order valence-electron chi connectivity index (χ0n) is 19.2. The van der Waals surface area contributed by atoms with Gasteiger partial charge in [-0.05, 0) is 55.7 Å². The number of nitrogens with zero attached hydrogens (tertiary/aromatic N) is 1. The Hall–Kier alpha value is -3.06. The van der Waals surface area contributed by atoms with Gasteiger partial charge in [0.1, 0.15) is 5.76 Å². The number of furan rings is 1. The van der Waals surface area contributed by atoms with E-state index >= 15 is 0 Å². The van der Waals surface area contributed by atoms with Crippen molar-refractivity contribution < 1.29 is 22.4 Å². The first-order chi connectivity index (χ1) is 16.3. The number of amides is 1. The Morgan fingerprint density at radius 3 is 2.44 bits per heavy atom. The smallest absolute Gasteiger partial charge is 0.416 e. The number of hydrogen-bond acceptors (Lipinski definition) is 3. The monoisotopic (exact) mass is 470 g/mol. The van der Waals surface area contributed by atoms with Crippen molar-refractivity contribution >= 4 is 11.6 Å². The lowest BCUT2D eigenvalue weighted by Gasteiger charge is -2.34. The summed E-state index contributed by atoms with van der Waals surface area (Å²) in [5.74, 6) is 0.488. The second-order valence-electron chi connectivity index (χ2n) is 8.98. The van der Waals surface area contributed by atoms with E-state index in [1.807, 2.05) is 31.2 Å². The van der Waals surface area contributed by atoms with E-state index in [2.05, 4.69) is 10.2 Å². The summed E-state index contributed by atoms with van der Waals surface area (Å²) in [6.07, 6.45) is 1.02. The molecule has 7 heteroatoms. The van der Waals surface area contributed by atoms with Gasteiger partial charge in [0, 0.05) is 18.3 Å². The molecular weight excluding hydrogens is 441 g/mol. The first-order valence-corrected chi connectivity index (χ1v) is 11.6. The molecule has 3 aromatic rings. The molecule has 0 unspecified atom stereocenters. The van der Waals surface area contributed by atoms with Crippen LogP contribution < -0.4 is 5.32 Å². The van der Waals surface area contributed by atoms with Crippen LogP contribution in [0.5, 0.6) is 0 Å². The molecule has 1 aromatic heterocycles. The highest BCUT2D eigenvalue weighted by Gasteiger charge is 2.31. The summed E-state index contributed by atoms with van der Waals surface area (Å²) < 4.78 is 45.4. The van der Waals surface area contributed by atoms with Crippen LogP contribution in [0.25, 0.3) is 0 Å². The molecule has 0 saturated heterocycles. The zero-order chi connectivity index (χ0) is 24.1. The fourth-order valence-electron chi connectivity index (χ4n) is 4.46. The Morgan fingerprint density at radius 1 is 1.00 bits per heavy atom. The average molecular weight is 471 g/mol. The average Bonchev–Trinajstić information content (AvgIpc) is 3.29. The first kappa shape index (κ1) is 24.1. The molecule has 1 saturated carbocycles. The van der Waals surface area contributed by atoms with Gasteiger partial charge in [-0.15, -0.1) is 0 Å². The molecule has 1 amide bonds. The minimum atomic E-state index is -4.37. The van der Waals surface area contributed by atoms with Crippen molar-refractivity contribution in [2.75, 3.05) is 5.32 Å². The molecule has 0 atom stereocenters. The van der Waals surface area contributed by atoms with Crippen molar-refractivity contribution in [1.29, 1.82) is 0 Å². The SMILES string of the molecule is Cc1ccc(NC(=O)c2ccc(CN(Cc3cccc(C(F)(F)F)c3)C3CCCCC3)o2)cc1. The minimum absolute atomic E-state index is 0.207. The highest BCUT2D eigenvalue weighted by Crippen LogP contribution is 2.31. The van der Waals surface area contributed by atoms with Gasteiger partial charge in [0.05, 0.1) is 12.1 Å². The lowest BCUT2D eigenvalue weighted by atomic mass is 9.93. The highest BCUT2D eigenvalue weighted by molar-refractivity contribution is 6.02. The van der Waals surface area contributed by atoms with Gasteiger partial charge in [0.25, 0.3) is 5.91 Å². The van der Waals surface area contributed by atoms with Gasteiger partial charge in [0.2, 0.25) is 0 Å². The van der Waals surface area contributed by atoms with Crippen LogP contribution in [0.2, 0.25) is 0 Å². The molecule has 1 heterocycles. The van der Waals surface area contributed by atoms with E-state index in [1.54, 1.807) is 18.2 Å². The van der Waals surface area contributed by atoms with Crippen LogP contribution in [0, 0.1) is 6.92 Å². The number of hydrogen-bond donors (Lipinski definition) is 1. The molecule has 4 nitrogen and oxygen atoms in total. The standard InChI is InChI=1S/C27H29F3N2O2/c1-19-10-12-22(13-11-19)31-26(33)25-15-14-24(34-25)18-32(23-8-3-2-4-9-23)17-20-6-5-7-21(16-20)27(28,29)30/h5-7,10-16,23H,2-4,8-9,17-18H2,1H3,(H,31,33). The van der Waals surface area contributed by atoms with Gasteiger partial charge in [0.15, 0.2) is 5.76 Å². The Morgan fingerprint density at radius 2 is 1.74 bits per heavy atom. The summed E-state index contributed by atoms with van der Waals surface area (Å²) in [5.41, 5.74) is 1.76. The summed E-state index contributed by atoms with van der Waals surface area (Å²) in [6, 6.07) is 16.7. The fraction of sp³-hybridized carbons (Fsp3) is 0.370. The minimum Gasteiger partial charge on any atom is -0.455 e. The predicted molar refractivity (Wildman–Crippen MR) is 125 cm³/mol. The van der Waals surface area contributed by atoms with E-state index in [4.69, 9.17) is 4.42 Å². The second kappa shape index (κ2) is 10.5. The first-order valence-electron chi connectivity index (χ1n) is 11.6. The molecule has 180 valence electrons. The van der Waals surface area contributed by atoms with Crippen LogP contribution in [-0.4, -0.2) is 16.8 Å². The molecule has 1 N–H and O–H groups in total. The number of anilines is 1. The number of carbonyl (C=O) groups is 1. The Balaban J connectivity index is 1.48. The van der Waals surface area contributed by atoms with Gasteiger partial charge < -0.3 is 9.73 Å². The second-order valence-corrected chi connectivity index (χ2v) is 8.98. The Bertz CT molecular complexity index is 1100. The van der Waals surface area contributed by atoms with E-state index in [9.17, 15) is 18.0 Å². The summed E-state index contributed by atoms with van der Waals surface area (Å²) in [5, 5.41) is 2.82. The maximum atomic E-state index is 13.2. The van der Waals surface area contributed by atoms with E-state index in [-0.39, 0.29) is 17.7 Å². The van der Waals surface area contributed by atoms with Crippen LogP contribution in [0.3, 0.4) is 0 Å². The summed E-state index contributed by atoms with van der Waals surface area (Å²) in [4.78, 5) is 14.8. The lowest BCUT2D eigenvalue weighted by molar-refractivity contribution is -0.137. The van der Waals surface area contributed by atoms with Crippen molar-refractivity contribution in [2.24, 2.45) is 0 Å². The van der Waals surface area contributed by atoms with Crippen LogP contribution in [0.15, 0.2) is 65.1 Å². The number of benzene rings is 2. The number of carbonyl (C=O) groups excluding carboxylic acids is 1. The van der Waals surface area contributed by atoms with E-state index < -0.39 is 11.7 Å². The topological polar surface area (TPSA) is 45.5 Å². The van der Waals surface area contributed by atoms with Gasteiger partial charge in [-0.3, -0.25) is 9.69 Å². The molecule has 2 aromatic carbocycles. The number of halogens is 3. The molecule has 0 bridgehead atoms. The van der Waals surface area contributed by atoms with E-state index in [0.29, 0.717) is 30.1 Å². The number of alkyl halides is 3. The quantitative estimate of drug-likeness (QED) is 0.397. The van der Waals surface area contributed by atoms with Gasteiger partial charge in [-0.1, -0.05) is 55.2 Å². The molecule has 4 rings (SSSR count). The third-order valence-electron chi connectivity index (χ3n) is 6.28.